The molecule has 12 heavy (non-hydrogen) atoms. The average Bonchev–Trinajstić information content (AvgIpc) is 2.17. The van der Waals surface area contributed by atoms with Crippen molar-refractivity contribution < 1.29 is 4.74 Å². The molecule has 0 atom stereocenters. The third kappa shape index (κ3) is 1.22. The lowest BCUT2D eigenvalue weighted by atomic mass is 10.1. The van der Waals surface area contributed by atoms with Crippen LogP contribution in [0.4, 0.5) is 0 Å². The van der Waals surface area contributed by atoms with E-state index in [2.05, 4.69) is 12.1 Å². The van der Waals surface area contributed by atoms with Gasteiger partial charge in [0.1, 0.15) is 11.5 Å². The van der Waals surface area contributed by atoms with Gasteiger partial charge in [-0.05, 0) is 31.1 Å². The number of fused-ring (bicyclic) bond motifs is 1. The molecule has 1 nitrogen and oxygen atoms in total. The largest absolute Gasteiger partial charge is 0.462 e. The van der Waals surface area contributed by atoms with E-state index in [1.54, 1.807) is 0 Å². The molecular weight excluding hydrogens is 148 g/mol. The van der Waals surface area contributed by atoms with Crippen LogP contribution in [0.15, 0.2) is 36.1 Å². The van der Waals surface area contributed by atoms with Gasteiger partial charge in [-0.2, -0.15) is 0 Å². The molecule has 1 aliphatic heterocycles. The smallest absolute Gasteiger partial charge is 0.130 e. The second-order valence-electron chi connectivity index (χ2n) is 2.96. The molecule has 0 N–H and O–H groups in total. The number of hydrogen-bond donors (Lipinski definition) is 0. The normalized spacial score (nSPS) is 18.6. The third-order valence-corrected chi connectivity index (χ3v) is 2.18. The number of ether oxygens (including phenoxy) is 1. The van der Waals surface area contributed by atoms with Crippen molar-refractivity contribution in [1.29, 1.82) is 0 Å². The highest BCUT2D eigenvalue weighted by Gasteiger charge is 2.11. The van der Waals surface area contributed by atoms with Gasteiger partial charge < -0.3 is 4.74 Å². The molecule has 0 saturated carbocycles. The lowest BCUT2D eigenvalue weighted by molar-refractivity contribution is 0.377. The summed E-state index contributed by atoms with van der Waals surface area (Å²) in [6.45, 7) is 2.02. The lowest BCUT2D eigenvalue weighted by Gasteiger charge is -2.18. The zero-order valence-corrected chi connectivity index (χ0v) is 7.21. The Bertz CT molecular complexity index is 313. The summed E-state index contributed by atoms with van der Waals surface area (Å²) in [4.78, 5) is 0. The molecule has 0 radical (unpaired) electrons. The summed E-state index contributed by atoms with van der Waals surface area (Å²) < 4.78 is 5.64. The first-order valence-corrected chi connectivity index (χ1v) is 4.31. The minimum Gasteiger partial charge on any atom is -0.462 e. The first-order chi connectivity index (χ1) is 5.90. The van der Waals surface area contributed by atoms with Crippen molar-refractivity contribution in [1.82, 2.24) is 0 Å². The van der Waals surface area contributed by atoms with E-state index >= 15 is 0 Å². The van der Waals surface area contributed by atoms with E-state index in [4.69, 9.17) is 4.74 Å². The molecule has 1 heteroatoms. The van der Waals surface area contributed by atoms with Crippen LogP contribution in [0.3, 0.4) is 0 Å². The summed E-state index contributed by atoms with van der Waals surface area (Å²) in [5.41, 5.74) is 1.32. The highest BCUT2D eigenvalue weighted by atomic mass is 16.5. The van der Waals surface area contributed by atoms with Gasteiger partial charge in [0.25, 0.3) is 0 Å². The maximum absolute atomic E-state index is 5.64. The van der Waals surface area contributed by atoms with Gasteiger partial charge in [0.2, 0.25) is 0 Å². The van der Waals surface area contributed by atoms with E-state index in [0.29, 0.717) is 0 Å². The van der Waals surface area contributed by atoms with Crippen LogP contribution in [0.2, 0.25) is 0 Å². The van der Waals surface area contributed by atoms with Crippen LogP contribution in [-0.4, -0.2) is 0 Å². The van der Waals surface area contributed by atoms with Crippen molar-refractivity contribution in [3.8, 4) is 5.75 Å². The summed E-state index contributed by atoms with van der Waals surface area (Å²) in [6.07, 6.45) is 4.18. The predicted octanol–water partition coefficient (Wildman–Crippen LogP) is 2.92. The first kappa shape index (κ1) is 7.41. The molecule has 1 aromatic carbocycles. The predicted molar refractivity (Wildman–Crippen MR) is 49.1 cm³/mol. The van der Waals surface area contributed by atoms with Crippen LogP contribution in [0.1, 0.15) is 18.9 Å². The number of rotatable bonds is 0. The summed E-state index contributed by atoms with van der Waals surface area (Å²) in [7, 11) is 0. The lowest BCUT2D eigenvalue weighted by Crippen LogP contribution is -2.05. The number of aryl methyl sites for hydroxylation is 1. The highest BCUT2D eigenvalue weighted by molar-refractivity contribution is 5.37. The summed E-state index contributed by atoms with van der Waals surface area (Å²) in [5, 5.41) is 0. The summed E-state index contributed by atoms with van der Waals surface area (Å²) in [5.74, 6) is 2.12. The van der Waals surface area contributed by atoms with Crippen LogP contribution in [0.5, 0.6) is 5.75 Å². The summed E-state index contributed by atoms with van der Waals surface area (Å²) >= 11 is 0. The van der Waals surface area contributed by atoms with E-state index in [1.165, 1.54) is 5.56 Å². The minimum atomic E-state index is 1.02. The Labute approximate surface area is 72.7 Å². The van der Waals surface area contributed by atoms with Crippen LogP contribution in [-0.2, 0) is 6.42 Å². The highest BCUT2D eigenvalue weighted by Crippen LogP contribution is 2.28. The topological polar surface area (TPSA) is 9.23 Å². The maximum atomic E-state index is 5.64. The van der Waals surface area contributed by atoms with Crippen LogP contribution in [0.25, 0.3) is 0 Å². The van der Waals surface area contributed by atoms with Gasteiger partial charge in [0, 0.05) is 6.42 Å². The Morgan fingerprint density at radius 3 is 2.92 bits per heavy atom. The Morgan fingerprint density at radius 2 is 2.08 bits per heavy atom. The van der Waals surface area contributed by atoms with E-state index in [-0.39, 0.29) is 0 Å². The number of hydrogen-bond acceptors (Lipinski definition) is 1. The molecule has 0 spiro atoms. The van der Waals surface area contributed by atoms with Gasteiger partial charge in [0.05, 0.1) is 0 Å². The fraction of sp³-hybridized carbons (Fsp3) is 0.273. The van der Waals surface area contributed by atoms with Crippen LogP contribution >= 0.6 is 0 Å². The van der Waals surface area contributed by atoms with E-state index in [0.717, 1.165) is 24.4 Å². The van der Waals surface area contributed by atoms with E-state index in [9.17, 15) is 0 Å². The van der Waals surface area contributed by atoms with Crippen molar-refractivity contribution in [3.05, 3.63) is 41.7 Å². The van der Waals surface area contributed by atoms with Gasteiger partial charge >= 0.3 is 0 Å². The van der Waals surface area contributed by atoms with Crippen molar-refractivity contribution in [3.63, 3.8) is 0 Å². The molecule has 1 heterocycles. The zero-order valence-electron chi connectivity index (χ0n) is 7.21. The molecule has 0 amide bonds. The molecular formula is C11H12O. The molecule has 0 fully saturated rings. The molecule has 1 aliphatic rings. The average molecular weight is 160 g/mol. The Kier molecular flexibility index (Phi) is 1.86. The van der Waals surface area contributed by atoms with Gasteiger partial charge in [-0.25, -0.2) is 0 Å². The SMILES string of the molecule is CC=C1CCc2ccccc2O1. The van der Waals surface area contributed by atoms with Gasteiger partial charge in [-0.1, -0.05) is 18.2 Å². The Morgan fingerprint density at radius 1 is 1.25 bits per heavy atom. The second-order valence-corrected chi connectivity index (χ2v) is 2.96. The molecule has 0 aromatic heterocycles. The minimum absolute atomic E-state index is 1.02. The van der Waals surface area contributed by atoms with Gasteiger partial charge in [-0.15, -0.1) is 0 Å². The number of allylic oxidation sites excluding steroid dienone is 2. The molecule has 0 bridgehead atoms. The maximum Gasteiger partial charge on any atom is 0.130 e. The zero-order chi connectivity index (χ0) is 8.39. The fourth-order valence-corrected chi connectivity index (χ4v) is 1.46. The van der Waals surface area contributed by atoms with Crippen molar-refractivity contribution >= 4 is 0 Å². The van der Waals surface area contributed by atoms with Gasteiger partial charge in [-0.3, -0.25) is 0 Å². The monoisotopic (exact) mass is 160 g/mol. The molecule has 0 saturated heterocycles. The number of para-hydroxylation sites is 1. The molecule has 62 valence electrons. The molecule has 1 aromatic rings. The Balaban J connectivity index is 2.35. The second kappa shape index (κ2) is 3.02. The van der Waals surface area contributed by atoms with Gasteiger partial charge in [0.15, 0.2) is 0 Å². The molecule has 0 aliphatic carbocycles. The molecule has 0 unspecified atom stereocenters. The molecule has 2 rings (SSSR count). The van der Waals surface area contributed by atoms with E-state index < -0.39 is 0 Å². The standard InChI is InChI=1S/C11H12O/c1-2-10-8-7-9-5-3-4-6-11(9)12-10/h2-6H,7-8H2,1H3. The van der Waals surface area contributed by atoms with Crippen molar-refractivity contribution in [2.45, 2.75) is 19.8 Å². The van der Waals surface area contributed by atoms with Crippen LogP contribution in [0, 0.1) is 0 Å². The summed E-state index contributed by atoms with van der Waals surface area (Å²) in [6, 6.07) is 8.22. The van der Waals surface area contributed by atoms with Crippen molar-refractivity contribution in [2.75, 3.05) is 0 Å². The first-order valence-electron chi connectivity index (χ1n) is 4.31. The van der Waals surface area contributed by atoms with E-state index in [1.807, 2.05) is 25.1 Å². The quantitative estimate of drug-likeness (QED) is 0.567. The van der Waals surface area contributed by atoms with Crippen LogP contribution < -0.4 is 4.74 Å². The number of benzene rings is 1. The fourth-order valence-electron chi connectivity index (χ4n) is 1.46. The Hall–Kier alpha value is -1.24. The third-order valence-electron chi connectivity index (χ3n) is 2.18. The van der Waals surface area contributed by atoms with Crippen molar-refractivity contribution in [2.24, 2.45) is 0 Å².